The molecule has 0 saturated heterocycles. The molecule has 60 heavy (non-hydrogen) atoms. The van der Waals surface area contributed by atoms with Crippen LogP contribution in [0.2, 0.25) is 0 Å². The van der Waals surface area contributed by atoms with Gasteiger partial charge in [0.15, 0.2) is 0 Å². The maximum atomic E-state index is 4.13. The smallest absolute Gasteiger partial charge is 0.0462 e. The molecule has 0 amide bonds. The molecule has 0 aliphatic carbocycles. The van der Waals surface area contributed by atoms with Crippen molar-refractivity contribution in [2.75, 3.05) is 4.90 Å². The summed E-state index contributed by atoms with van der Waals surface area (Å²) in [6, 6.07) is 73.1. The third-order valence-corrected chi connectivity index (χ3v) is 11.8. The van der Waals surface area contributed by atoms with Gasteiger partial charge >= 0.3 is 0 Å². The summed E-state index contributed by atoms with van der Waals surface area (Å²) in [6.07, 6.45) is 5.68. The van der Waals surface area contributed by atoms with Gasteiger partial charge in [-0.05, 0) is 137 Å². The highest BCUT2D eigenvalue weighted by Gasteiger charge is 2.20. The second kappa shape index (κ2) is 15.5. The van der Waals surface area contributed by atoms with Crippen LogP contribution in [0.1, 0.15) is 5.56 Å². The van der Waals surface area contributed by atoms with Crippen LogP contribution < -0.4 is 4.90 Å². The van der Waals surface area contributed by atoms with Gasteiger partial charge in [0.1, 0.15) is 0 Å². The zero-order chi connectivity index (χ0) is 40.6. The summed E-state index contributed by atoms with van der Waals surface area (Å²) in [5.41, 5.74) is 14.1. The molecule has 10 aromatic carbocycles. The molecular weight excluding hydrogens is 723 g/mol. The summed E-state index contributed by atoms with van der Waals surface area (Å²) in [5, 5.41) is 9.93. The summed E-state index contributed by atoms with van der Waals surface area (Å²) in [6.45, 7) is 10.2. The Morgan fingerprint density at radius 1 is 0.367 bits per heavy atom. The van der Waals surface area contributed by atoms with Gasteiger partial charge in [0.25, 0.3) is 0 Å². The van der Waals surface area contributed by atoms with E-state index in [9.17, 15) is 0 Å². The molecule has 0 saturated carbocycles. The van der Waals surface area contributed by atoms with Gasteiger partial charge in [-0.1, -0.05) is 195 Å². The Bertz CT molecular complexity index is 3160. The largest absolute Gasteiger partial charge is 0.311 e. The number of aryl methyl sites for hydroxylation is 1. The van der Waals surface area contributed by atoms with Gasteiger partial charge in [0, 0.05) is 17.1 Å². The molecular formula is C59H43N. The fourth-order valence-electron chi connectivity index (χ4n) is 9.21. The monoisotopic (exact) mass is 765 g/mol. The van der Waals surface area contributed by atoms with E-state index < -0.39 is 0 Å². The maximum absolute atomic E-state index is 4.13. The Balaban J connectivity index is 1.16. The predicted octanol–water partition coefficient (Wildman–Crippen LogP) is 16.7. The first-order valence-corrected chi connectivity index (χ1v) is 20.6. The van der Waals surface area contributed by atoms with Crippen molar-refractivity contribution < 1.29 is 0 Å². The van der Waals surface area contributed by atoms with Crippen LogP contribution in [0, 0.1) is 6.92 Å². The predicted molar refractivity (Wildman–Crippen MR) is 260 cm³/mol. The summed E-state index contributed by atoms with van der Waals surface area (Å²) in [4.78, 5) is 2.22. The van der Waals surface area contributed by atoms with E-state index in [2.05, 4.69) is 219 Å². The Hall–Kier alpha value is -7.74. The molecule has 0 unspecified atom stereocenters. The van der Waals surface area contributed by atoms with Gasteiger partial charge in [-0.25, -0.2) is 0 Å². The number of benzene rings is 10. The zero-order valence-electron chi connectivity index (χ0n) is 33.6. The zero-order valence-corrected chi connectivity index (χ0v) is 33.6. The molecule has 0 aromatic heterocycles. The second-order valence-electron chi connectivity index (χ2n) is 15.4. The molecule has 1 heteroatoms. The molecule has 0 heterocycles. The van der Waals surface area contributed by atoms with Crippen LogP contribution in [0.4, 0.5) is 11.4 Å². The highest BCUT2D eigenvalue weighted by Crippen LogP contribution is 2.47. The number of para-hydroxylation sites is 1. The lowest BCUT2D eigenvalue weighted by Gasteiger charge is -2.26. The number of nitrogens with zero attached hydrogens (tertiary/aromatic N) is 1. The van der Waals surface area contributed by atoms with Crippen molar-refractivity contribution in [3.05, 3.63) is 243 Å². The third kappa shape index (κ3) is 6.29. The quantitative estimate of drug-likeness (QED) is 0.104. The Morgan fingerprint density at radius 2 is 0.717 bits per heavy atom. The number of hydrogen-bond acceptors (Lipinski definition) is 1. The van der Waals surface area contributed by atoms with Crippen LogP contribution in [0.15, 0.2) is 237 Å². The van der Waals surface area contributed by atoms with Crippen LogP contribution in [0.25, 0.3) is 87.6 Å². The van der Waals surface area contributed by atoms with Crippen molar-refractivity contribution in [2.45, 2.75) is 6.92 Å². The van der Waals surface area contributed by atoms with Crippen LogP contribution in [-0.4, -0.2) is 0 Å². The van der Waals surface area contributed by atoms with E-state index in [4.69, 9.17) is 0 Å². The second-order valence-corrected chi connectivity index (χ2v) is 15.4. The van der Waals surface area contributed by atoms with Gasteiger partial charge in [0.2, 0.25) is 0 Å². The molecule has 284 valence electrons. The topological polar surface area (TPSA) is 3.24 Å². The van der Waals surface area contributed by atoms with Crippen LogP contribution in [0.5, 0.6) is 0 Å². The van der Waals surface area contributed by atoms with Crippen LogP contribution in [-0.2, 0) is 0 Å². The third-order valence-electron chi connectivity index (χ3n) is 11.8. The molecule has 0 fully saturated rings. The fraction of sp³-hybridized carbons (Fsp3) is 0.0169. The van der Waals surface area contributed by atoms with E-state index in [0.29, 0.717) is 0 Å². The minimum atomic E-state index is 0.953. The van der Waals surface area contributed by atoms with Crippen molar-refractivity contribution in [1.82, 2.24) is 0 Å². The van der Waals surface area contributed by atoms with Crippen molar-refractivity contribution in [3.8, 4) is 44.5 Å². The molecule has 0 N–H and O–H groups in total. The lowest BCUT2D eigenvalue weighted by molar-refractivity contribution is 1.21. The number of anilines is 2. The first-order chi connectivity index (χ1) is 29.6. The van der Waals surface area contributed by atoms with Gasteiger partial charge in [-0.15, -0.1) is 0 Å². The van der Waals surface area contributed by atoms with Crippen molar-refractivity contribution in [2.24, 2.45) is 0 Å². The number of rotatable bonds is 9. The highest BCUT2D eigenvalue weighted by molar-refractivity contribution is 6.23. The minimum Gasteiger partial charge on any atom is -0.311 e. The summed E-state index contributed by atoms with van der Waals surface area (Å²) < 4.78 is 0. The average molecular weight is 766 g/mol. The van der Waals surface area contributed by atoms with Crippen molar-refractivity contribution in [1.29, 1.82) is 0 Å². The SMILES string of the molecule is C=C/C=C(\C=C)N(c1ccccc1)c1ccc(-c2c3ccccc3c(-c3cccc(-c4c5ccccc5c(-c5ccc(C)cc5)c5ccccc45)c3)c3ccccc23)cc1. The van der Waals surface area contributed by atoms with Gasteiger partial charge in [-0.3, -0.25) is 0 Å². The first-order valence-electron chi connectivity index (χ1n) is 20.6. The van der Waals surface area contributed by atoms with E-state index in [1.165, 1.54) is 93.2 Å². The molecule has 0 aliphatic rings. The summed E-state index contributed by atoms with van der Waals surface area (Å²) >= 11 is 0. The number of fused-ring (bicyclic) bond motifs is 4. The van der Waals surface area contributed by atoms with E-state index in [-0.39, 0.29) is 0 Å². The van der Waals surface area contributed by atoms with Gasteiger partial charge in [0.05, 0.1) is 0 Å². The van der Waals surface area contributed by atoms with E-state index >= 15 is 0 Å². The first kappa shape index (κ1) is 36.6. The number of allylic oxidation sites excluding steroid dienone is 3. The Kier molecular flexibility index (Phi) is 9.48. The van der Waals surface area contributed by atoms with Gasteiger partial charge < -0.3 is 4.90 Å². The molecule has 0 bridgehead atoms. The molecule has 1 nitrogen and oxygen atoms in total. The minimum absolute atomic E-state index is 0.953. The standard InChI is InChI=1S/C59H43N/c1-4-18-45(5-2)60(46-21-7-6-8-22-46)47-37-35-42(36-38-47)57-50-25-11-15-29-54(50)59(55-30-16-12-26-51(55)57)44-20-17-19-43(39-44)58-52-27-13-9-23-48(52)56(41-33-31-40(3)32-34-41)49-24-10-14-28-53(49)58/h4-39H,1-2H2,3H3/b45-18+. The molecule has 0 aliphatic heterocycles. The molecule has 10 aromatic rings. The summed E-state index contributed by atoms with van der Waals surface area (Å²) in [7, 11) is 0. The highest BCUT2D eigenvalue weighted by atomic mass is 15.1. The van der Waals surface area contributed by atoms with Crippen LogP contribution in [0.3, 0.4) is 0 Å². The Labute approximate surface area is 352 Å². The van der Waals surface area contributed by atoms with E-state index in [0.717, 1.165) is 17.1 Å². The van der Waals surface area contributed by atoms with Crippen molar-refractivity contribution in [3.63, 3.8) is 0 Å². The van der Waals surface area contributed by atoms with E-state index in [1.807, 2.05) is 24.3 Å². The average Bonchev–Trinajstić information content (AvgIpc) is 3.30. The number of hydrogen-bond donors (Lipinski definition) is 0. The van der Waals surface area contributed by atoms with E-state index in [1.54, 1.807) is 0 Å². The lowest BCUT2D eigenvalue weighted by atomic mass is 9.83. The molecule has 0 radical (unpaired) electrons. The summed E-state index contributed by atoms with van der Waals surface area (Å²) in [5.74, 6) is 0. The molecule has 0 spiro atoms. The van der Waals surface area contributed by atoms with Crippen molar-refractivity contribution >= 4 is 54.5 Å². The normalized spacial score (nSPS) is 11.7. The molecule has 0 atom stereocenters. The van der Waals surface area contributed by atoms with Crippen LogP contribution >= 0.6 is 0 Å². The maximum Gasteiger partial charge on any atom is 0.0462 e. The fourth-order valence-corrected chi connectivity index (χ4v) is 9.21. The Morgan fingerprint density at radius 3 is 1.10 bits per heavy atom. The van der Waals surface area contributed by atoms with Gasteiger partial charge in [-0.2, -0.15) is 0 Å². The molecule has 10 rings (SSSR count). The lowest BCUT2D eigenvalue weighted by Crippen LogP contribution is -2.14.